The summed E-state index contributed by atoms with van der Waals surface area (Å²) >= 11 is 0. The van der Waals surface area contributed by atoms with Crippen molar-refractivity contribution in [1.82, 2.24) is 0 Å². The fourth-order valence-electron chi connectivity index (χ4n) is 0.945. The quantitative estimate of drug-likeness (QED) is 0.464. The Kier molecular flexibility index (Phi) is 4.98. The molecule has 0 aliphatic carbocycles. The summed E-state index contributed by atoms with van der Waals surface area (Å²) in [6.07, 6.45) is 0. The van der Waals surface area contributed by atoms with Gasteiger partial charge in [-0.3, -0.25) is 0 Å². The fourth-order valence-corrected chi connectivity index (χ4v) is 3.15. The van der Waals surface area contributed by atoms with Gasteiger partial charge in [-0.05, 0) is 17.7 Å². The zero-order chi connectivity index (χ0) is 11.3. The topological polar surface area (TPSA) is 57.2 Å². The maximum Gasteiger partial charge on any atom is 0.124 e. The zero-order valence-corrected chi connectivity index (χ0v) is 10.6. The third-order valence-electron chi connectivity index (χ3n) is 1.64. The first-order valence-corrected chi connectivity index (χ1v) is 8.23. The van der Waals surface area contributed by atoms with Crippen molar-refractivity contribution in [3.05, 3.63) is 29.8 Å². The van der Waals surface area contributed by atoms with Crippen molar-refractivity contribution in [2.24, 2.45) is 0 Å². The molecule has 0 heterocycles. The molecule has 0 bridgehead atoms. The Hall–Kier alpha value is -0.170. The van der Waals surface area contributed by atoms with Crippen LogP contribution in [0.5, 0.6) is 0 Å². The zero-order valence-electron chi connectivity index (χ0n) is 8.17. The molecule has 0 saturated carbocycles. The maximum absolute atomic E-state index is 10.6. The van der Waals surface area contributed by atoms with Crippen LogP contribution in [-0.2, 0) is 15.9 Å². The van der Waals surface area contributed by atoms with E-state index in [9.17, 15) is 13.0 Å². The number of hydrogen-bond donors (Lipinski definition) is 0. The van der Waals surface area contributed by atoms with E-state index < -0.39 is 10.1 Å². The molecule has 1 aromatic rings. The Bertz CT molecular complexity index is 397. The number of benzene rings is 1. The van der Waals surface area contributed by atoms with Gasteiger partial charge < -0.3 is 4.55 Å². The molecule has 1 rings (SSSR count). The van der Waals surface area contributed by atoms with Crippen molar-refractivity contribution < 1.29 is 13.0 Å². The molecule has 0 spiro atoms. The minimum atomic E-state index is -4.31. The van der Waals surface area contributed by atoms with Crippen LogP contribution in [-0.4, -0.2) is 18.7 Å². The minimum Gasteiger partial charge on any atom is -0.744 e. The van der Waals surface area contributed by atoms with Gasteiger partial charge >= 0.3 is 0 Å². The van der Waals surface area contributed by atoms with Gasteiger partial charge in [0.25, 0.3) is 0 Å². The van der Waals surface area contributed by atoms with Crippen LogP contribution < -0.4 is 0 Å². The molecule has 0 radical (unpaired) electrons. The summed E-state index contributed by atoms with van der Waals surface area (Å²) in [4.78, 5) is -0.167. The molecule has 1 aromatic carbocycles. The highest BCUT2D eigenvalue weighted by Gasteiger charge is 2.00. The summed E-state index contributed by atoms with van der Waals surface area (Å²) in [6.45, 7) is 2.07. The van der Waals surface area contributed by atoms with Gasteiger partial charge in [0.2, 0.25) is 0 Å². The highest BCUT2D eigenvalue weighted by Crippen LogP contribution is 2.25. The lowest BCUT2D eigenvalue weighted by atomic mass is 10.2. The predicted octanol–water partition coefficient (Wildman–Crippen LogP) is 2.49. The largest absolute Gasteiger partial charge is 0.744 e. The van der Waals surface area contributed by atoms with E-state index >= 15 is 0 Å². The Balaban J connectivity index is 2.65. The lowest BCUT2D eigenvalue weighted by Gasteiger charge is -2.07. The molecule has 0 fully saturated rings. The van der Waals surface area contributed by atoms with E-state index in [-0.39, 0.29) is 4.90 Å². The van der Waals surface area contributed by atoms with E-state index in [4.69, 9.17) is 0 Å². The van der Waals surface area contributed by atoms with Crippen LogP contribution in [0, 0.1) is 0 Å². The molecule has 3 nitrogen and oxygen atoms in total. The molecule has 15 heavy (non-hydrogen) atoms. The second-order valence-corrected chi connectivity index (χ2v) is 6.90. The molecular formula is C9H11O3S3-. The Labute approximate surface area is 97.8 Å². The smallest absolute Gasteiger partial charge is 0.124 e. The van der Waals surface area contributed by atoms with Gasteiger partial charge in [0.1, 0.15) is 10.1 Å². The van der Waals surface area contributed by atoms with E-state index in [1.165, 1.54) is 12.1 Å². The lowest BCUT2D eigenvalue weighted by molar-refractivity contribution is 0.463. The van der Waals surface area contributed by atoms with Crippen molar-refractivity contribution in [3.8, 4) is 0 Å². The van der Waals surface area contributed by atoms with Crippen LogP contribution in [0.25, 0.3) is 0 Å². The van der Waals surface area contributed by atoms with Crippen molar-refractivity contribution in [2.75, 3.05) is 5.75 Å². The van der Waals surface area contributed by atoms with E-state index in [1.807, 2.05) is 0 Å². The summed E-state index contributed by atoms with van der Waals surface area (Å²) < 4.78 is 31.9. The molecule has 0 aliphatic rings. The molecule has 6 heteroatoms. The first-order chi connectivity index (χ1) is 7.04. The minimum absolute atomic E-state index is 0.167. The molecule has 0 unspecified atom stereocenters. The molecule has 0 amide bonds. The van der Waals surface area contributed by atoms with Gasteiger partial charge in [-0.15, -0.1) is 0 Å². The first kappa shape index (κ1) is 12.9. The van der Waals surface area contributed by atoms with Crippen molar-refractivity contribution in [1.29, 1.82) is 0 Å². The molecule has 0 aliphatic heterocycles. The summed E-state index contributed by atoms with van der Waals surface area (Å²) in [5.41, 5.74) is 1.02. The van der Waals surface area contributed by atoms with Crippen LogP contribution in [0.3, 0.4) is 0 Å². The monoisotopic (exact) mass is 263 g/mol. The van der Waals surface area contributed by atoms with Gasteiger partial charge in [-0.2, -0.15) is 0 Å². The number of hydrogen-bond acceptors (Lipinski definition) is 5. The van der Waals surface area contributed by atoms with Crippen molar-refractivity contribution in [3.63, 3.8) is 0 Å². The molecular weight excluding hydrogens is 252 g/mol. The summed E-state index contributed by atoms with van der Waals surface area (Å²) in [5.74, 6) is 1.86. The standard InChI is InChI=1S/C9H12O3S3/c1-2-13-14-7-8-3-5-9(6-4-8)15(10,11)12/h3-6H,2,7H2,1H3,(H,10,11,12)/p-1. The average Bonchev–Trinajstić information content (AvgIpc) is 2.18. The van der Waals surface area contributed by atoms with Crippen molar-refractivity contribution >= 4 is 31.7 Å². The van der Waals surface area contributed by atoms with Crippen LogP contribution in [0.4, 0.5) is 0 Å². The predicted molar refractivity (Wildman–Crippen MR) is 63.8 cm³/mol. The summed E-state index contributed by atoms with van der Waals surface area (Å²) in [7, 11) is -0.849. The Morgan fingerprint density at radius 1 is 1.20 bits per heavy atom. The van der Waals surface area contributed by atoms with Crippen LogP contribution >= 0.6 is 21.6 Å². The summed E-state index contributed by atoms with van der Waals surface area (Å²) in [5, 5.41) is 0. The summed E-state index contributed by atoms with van der Waals surface area (Å²) in [6, 6.07) is 6.06. The molecule has 0 N–H and O–H groups in total. The van der Waals surface area contributed by atoms with Crippen molar-refractivity contribution in [2.45, 2.75) is 17.6 Å². The van der Waals surface area contributed by atoms with E-state index in [2.05, 4.69) is 6.92 Å². The van der Waals surface area contributed by atoms with Gasteiger partial charge in [0, 0.05) is 11.5 Å². The average molecular weight is 263 g/mol. The highest BCUT2D eigenvalue weighted by atomic mass is 33.1. The fraction of sp³-hybridized carbons (Fsp3) is 0.333. The van der Waals surface area contributed by atoms with Crippen LogP contribution in [0.1, 0.15) is 12.5 Å². The second-order valence-electron chi connectivity index (χ2n) is 2.77. The van der Waals surface area contributed by atoms with Gasteiger partial charge in [-0.1, -0.05) is 40.6 Å². The van der Waals surface area contributed by atoms with Crippen LogP contribution in [0.15, 0.2) is 29.2 Å². The first-order valence-electron chi connectivity index (χ1n) is 4.33. The highest BCUT2D eigenvalue weighted by molar-refractivity contribution is 8.76. The molecule has 84 valence electrons. The van der Waals surface area contributed by atoms with E-state index in [0.717, 1.165) is 17.1 Å². The SMILES string of the molecule is CCSSCc1ccc(S(=O)(=O)[O-])cc1. The van der Waals surface area contributed by atoms with Gasteiger partial charge in [0.05, 0.1) is 4.90 Å². The molecule has 0 saturated heterocycles. The third kappa shape index (κ3) is 4.46. The lowest BCUT2D eigenvalue weighted by Crippen LogP contribution is -1.98. The Morgan fingerprint density at radius 2 is 1.80 bits per heavy atom. The van der Waals surface area contributed by atoms with Gasteiger partial charge in [-0.25, -0.2) is 8.42 Å². The Morgan fingerprint density at radius 3 is 2.27 bits per heavy atom. The second kappa shape index (κ2) is 5.79. The van der Waals surface area contributed by atoms with Gasteiger partial charge in [0.15, 0.2) is 0 Å². The van der Waals surface area contributed by atoms with E-state index in [0.29, 0.717) is 0 Å². The van der Waals surface area contributed by atoms with E-state index in [1.54, 1.807) is 33.7 Å². The maximum atomic E-state index is 10.6. The normalized spacial score (nSPS) is 11.6. The number of rotatable bonds is 5. The molecule has 0 atom stereocenters. The third-order valence-corrected chi connectivity index (χ3v) is 4.90. The van der Waals surface area contributed by atoms with Crippen LogP contribution in [0.2, 0.25) is 0 Å². The molecule has 0 aromatic heterocycles.